The summed E-state index contributed by atoms with van der Waals surface area (Å²) in [6.45, 7) is -0.898. The molecule has 18 heteroatoms. The van der Waals surface area contributed by atoms with Gasteiger partial charge in [-0.3, -0.25) is 4.79 Å². The number of amides is 1. The van der Waals surface area contributed by atoms with Gasteiger partial charge in [0.15, 0.2) is 12.6 Å². The summed E-state index contributed by atoms with van der Waals surface area (Å²) in [6, 6.07) is -3.45. The molecule has 16 atom stereocenters. The van der Waals surface area contributed by atoms with Gasteiger partial charge in [0, 0.05) is 12.6 Å². The number of hydrogen-bond acceptors (Lipinski definition) is 17. The number of nitrogens with one attached hydrogen (secondary N) is 1. The third-order valence-electron chi connectivity index (χ3n) is 7.51. The van der Waals surface area contributed by atoms with Crippen molar-refractivity contribution in [2.45, 2.75) is 111 Å². The predicted octanol–water partition coefficient (Wildman–Crippen LogP) is -8.42. The Hall–Kier alpha value is -1.17. The van der Waals surface area contributed by atoms with E-state index in [-0.39, 0.29) is 25.9 Å². The second-order valence-electron chi connectivity index (χ2n) is 10.3. The van der Waals surface area contributed by atoms with Gasteiger partial charge in [-0.05, 0) is 19.4 Å². The molecule has 3 fully saturated rings. The Morgan fingerprint density at radius 3 is 2.05 bits per heavy atom. The van der Waals surface area contributed by atoms with Crippen LogP contribution in [0.25, 0.3) is 0 Å². The highest BCUT2D eigenvalue weighted by Gasteiger charge is 2.52. The lowest BCUT2D eigenvalue weighted by atomic mass is 9.83. The standard InChI is InChI=1S/C22H43N5O13/c23-2-1-8(29)20(36)27-7-3-6(25)18(39-22-16(34)15(33)13(31)9(4-24)37-22)17(35)19(7)40-21-14(32)11(26)12(30)10(5-28)38-21/h6-19,21-22,28-35H,1-5,23-26H2,(H,27,36)/t6-,7+,8+,9+,10+,11-,12+,13-,14+,15-,16+,17-,18+,19+,21+,22+/m0/s1. The van der Waals surface area contributed by atoms with Crippen molar-refractivity contribution < 1.29 is 64.6 Å². The fraction of sp³-hybridized carbons (Fsp3) is 0.955. The van der Waals surface area contributed by atoms with Crippen LogP contribution in [0.3, 0.4) is 0 Å². The van der Waals surface area contributed by atoms with Crippen LogP contribution in [0.5, 0.6) is 0 Å². The van der Waals surface area contributed by atoms with Crippen LogP contribution in [-0.2, 0) is 23.7 Å². The minimum Gasteiger partial charge on any atom is -0.394 e. The van der Waals surface area contributed by atoms with Crippen LogP contribution in [0.15, 0.2) is 0 Å². The van der Waals surface area contributed by atoms with Crippen molar-refractivity contribution in [2.75, 3.05) is 19.7 Å². The van der Waals surface area contributed by atoms with Gasteiger partial charge in [0.2, 0.25) is 5.91 Å². The molecule has 3 aliphatic rings. The fourth-order valence-corrected chi connectivity index (χ4v) is 5.07. The number of hydrogen-bond donors (Lipinski definition) is 13. The number of aliphatic hydroxyl groups excluding tert-OH is 8. The van der Waals surface area contributed by atoms with E-state index in [0.717, 1.165) is 0 Å². The van der Waals surface area contributed by atoms with Crippen molar-refractivity contribution in [2.24, 2.45) is 22.9 Å². The maximum atomic E-state index is 12.6. The molecular formula is C22H43N5O13. The van der Waals surface area contributed by atoms with Gasteiger partial charge >= 0.3 is 0 Å². The molecule has 1 saturated carbocycles. The minimum atomic E-state index is -1.76. The van der Waals surface area contributed by atoms with Crippen molar-refractivity contribution in [3.8, 4) is 0 Å². The Bertz CT molecular complexity index is 815. The van der Waals surface area contributed by atoms with Gasteiger partial charge in [-0.15, -0.1) is 0 Å². The van der Waals surface area contributed by atoms with Gasteiger partial charge in [0.1, 0.15) is 67.1 Å². The molecule has 0 aromatic rings. The number of rotatable bonds is 10. The fourth-order valence-electron chi connectivity index (χ4n) is 5.07. The lowest BCUT2D eigenvalue weighted by molar-refractivity contribution is -0.332. The molecule has 2 heterocycles. The van der Waals surface area contributed by atoms with Crippen LogP contribution >= 0.6 is 0 Å². The molecule has 0 aromatic heterocycles. The van der Waals surface area contributed by atoms with Crippen LogP contribution in [0.2, 0.25) is 0 Å². The zero-order chi connectivity index (χ0) is 29.9. The van der Waals surface area contributed by atoms with Crippen molar-refractivity contribution in [3.63, 3.8) is 0 Å². The summed E-state index contributed by atoms with van der Waals surface area (Å²) >= 11 is 0. The van der Waals surface area contributed by atoms with Crippen LogP contribution in [0, 0.1) is 0 Å². The smallest absolute Gasteiger partial charge is 0.249 e. The van der Waals surface area contributed by atoms with Crippen LogP contribution in [0.4, 0.5) is 0 Å². The largest absolute Gasteiger partial charge is 0.394 e. The molecule has 40 heavy (non-hydrogen) atoms. The zero-order valence-corrected chi connectivity index (χ0v) is 21.7. The number of aliphatic hydroxyl groups is 8. The maximum absolute atomic E-state index is 12.6. The van der Waals surface area contributed by atoms with Crippen molar-refractivity contribution in [1.29, 1.82) is 0 Å². The first-order valence-electron chi connectivity index (χ1n) is 13.1. The number of nitrogens with two attached hydrogens (primary N) is 4. The molecule has 0 spiro atoms. The van der Waals surface area contributed by atoms with Crippen molar-refractivity contribution in [3.05, 3.63) is 0 Å². The monoisotopic (exact) mass is 585 g/mol. The Kier molecular flexibility index (Phi) is 11.9. The summed E-state index contributed by atoms with van der Waals surface area (Å²) in [5.41, 5.74) is 23.1. The number of carbonyl (C=O) groups excluding carboxylic acids is 1. The van der Waals surface area contributed by atoms with E-state index in [1.165, 1.54) is 0 Å². The van der Waals surface area contributed by atoms with Gasteiger partial charge in [-0.25, -0.2) is 0 Å². The Morgan fingerprint density at radius 2 is 1.45 bits per heavy atom. The normalized spacial score (nSPS) is 47.0. The quantitative estimate of drug-likeness (QED) is 0.113. The molecule has 17 N–H and O–H groups in total. The molecule has 0 radical (unpaired) electrons. The third kappa shape index (κ3) is 7.06. The first-order valence-corrected chi connectivity index (χ1v) is 13.1. The topological polar surface area (TPSA) is 332 Å². The molecule has 18 nitrogen and oxygen atoms in total. The molecule has 2 saturated heterocycles. The molecule has 1 amide bonds. The molecule has 2 aliphatic heterocycles. The summed E-state index contributed by atoms with van der Waals surface area (Å²) in [5.74, 6) is -0.845. The lowest BCUT2D eigenvalue weighted by Crippen LogP contribution is -2.69. The third-order valence-corrected chi connectivity index (χ3v) is 7.51. The van der Waals surface area contributed by atoms with E-state index in [1.54, 1.807) is 0 Å². The Morgan fingerprint density at radius 1 is 0.850 bits per heavy atom. The van der Waals surface area contributed by atoms with E-state index in [0.29, 0.717) is 0 Å². The minimum absolute atomic E-state index is 0.0101. The number of carbonyl (C=O) groups is 1. The summed E-state index contributed by atoms with van der Waals surface area (Å²) in [6.07, 6.45) is -19.8. The molecule has 3 rings (SSSR count). The van der Waals surface area contributed by atoms with Crippen molar-refractivity contribution >= 4 is 5.91 Å². The molecular weight excluding hydrogens is 542 g/mol. The maximum Gasteiger partial charge on any atom is 0.249 e. The van der Waals surface area contributed by atoms with E-state index >= 15 is 0 Å². The second kappa shape index (κ2) is 14.3. The average molecular weight is 586 g/mol. The summed E-state index contributed by atoms with van der Waals surface area (Å²) in [4.78, 5) is 12.6. The highest BCUT2D eigenvalue weighted by Crippen LogP contribution is 2.32. The van der Waals surface area contributed by atoms with Crippen LogP contribution in [0.1, 0.15) is 12.8 Å². The predicted molar refractivity (Wildman–Crippen MR) is 131 cm³/mol. The molecule has 234 valence electrons. The molecule has 0 unspecified atom stereocenters. The first-order chi connectivity index (χ1) is 18.9. The van der Waals surface area contributed by atoms with Gasteiger partial charge in [0.05, 0.1) is 18.7 Å². The van der Waals surface area contributed by atoms with E-state index in [1.807, 2.05) is 0 Å². The Labute approximate surface area is 229 Å². The molecule has 0 aromatic carbocycles. The van der Waals surface area contributed by atoms with E-state index in [2.05, 4.69) is 5.32 Å². The van der Waals surface area contributed by atoms with Gasteiger partial charge in [-0.1, -0.05) is 0 Å². The highest BCUT2D eigenvalue weighted by atomic mass is 16.7. The summed E-state index contributed by atoms with van der Waals surface area (Å²) in [7, 11) is 0. The second-order valence-corrected chi connectivity index (χ2v) is 10.3. The first kappa shape index (κ1) is 33.3. The molecule has 1 aliphatic carbocycles. The van der Waals surface area contributed by atoms with Gasteiger partial charge in [-0.2, -0.15) is 0 Å². The lowest BCUT2D eigenvalue weighted by Gasteiger charge is -2.49. The zero-order valence-electron chi connectivity index (χ0n) is 21.7. The summed E-state index contributed by atoms with van der Waals surface area (Å²) in [5, 5.41) is 84.9. The highest BCUT2D eigenvalue weighted by molar-refractivity contribution is 5.80. The molecule has 0 bridgehead atoms. The number of ether oxygens (including phenoxy) is 4. The van der Waals surface area contributed by atoms with Gasteiger partial charge in [0.25, 0.3) is 0 Å². The summed E-state index contributed by atoms with van der Waals surface area (Å²) < 4.78 is 22.5. The van der Waals surface area contributed by atoms with Gasteiger partial charge < -0.3 is 88.1 Å². The van der Waals surface area contributed by atoms with E-state index in [9.17, 15) is 45.6 Å². The average Bonchev–Trinajstić information content (AvgIpc) is 2.92. The van der Waals surface area contributed by atoms with E-state index < -0.39 is 110 Å². The van der Waals surface area contributed by atoms with Crippen molar-refractivity contribution in [1.82, 2.24) is 5.32 Å². The van der Waals surface area contributed by atoms with E-state index in [4.69, 9.17) is 41.9 Å². The SMILES string of the molecule is NCC[C@@H](O)C(=O)N[C@@H]1C[C@H](N)[C@@H](O[C@H]2O[C@H](CN)[C@H](O)[C@H](O)[C@H]2O)[C@H](O)[C@@H]1O[C@H]1O[C@H](CO)[C@@H](O)[C@H](N)[C@H]1O. The van der Waals surface area contributed by atoms with Crippen LogP contribution in [-0.4, -0.2) is 164 Å². The Balaban J connectivity index is 1.85. The van der Waals surface area contributed by atoms with Crippen LogP contribution < -0.4 is 28.3 Å².